The number of phenols is 1. The van der Waals surface area contributed by atoms with Crippen LogP contribution in [0.2, 0.25) is 0 Å². The van der Waals surface area contributed by atoms with E-state index in [0.717, 1.165) is 44.9 Å². The molecule has 0 saturated heterocycles. The van der Waals surface area contributed by atoms with Crippen LogP contribution in [-0.4, -0.2) is 16.3 Å². The van der Waals surface area contributed by atoms with Crippen LogP contribution in [0, 0.1) is 39.9 Å². The van der Waals surface area contributed by atoms with Crippen molar-refractivity contribution in [2.75, 3.05) is 0 Å². The van der Waals surface area contributed by atoms with Gasteiger partial charge in [-0.3, -0.25) is 0 Å². The zero-order chi connectivity index (χ0) is 23.6. The second-order valence-corrected chi connectivity index (χ2v) is 11.5. The number of hydrogen-bond acceptors (Lipinski definition) is 3. The van der Waals surface area contributed by atoms with Gasteiger partial charge in [0.15, 0.2) is 0 Å². The van der Waals surface area contributed by atoms with Gasteiger partial charge in [0.1, 0.15) is 5.75 Å². The predicted octanol–water partition coefficient (Wildman–Crippen LogP) is 7.28. The van der Waals surface area contributed by atoms with E-state index in [-0.39, 0.29) is 16.9 Å². The summed E-state index contributed by atoms with van der Waals surface area (Å²) in [7, 11) is 0. The van der Waals surface area contributed by atoms with E-state index in [1.54, 1.807) is 0 Å². The van der Waals surface area contributed by atoms with Crippen molar-refractivity contribution >= 4 is 0 Å². The van der Waals surface area contributed by atoms with Crippen molar-refractivity contribution < 1.29 is 10.2 Å². The molecule has 3 aliphatic carbocycles. The van der Waals surface area contributed by atoms with Gasteiger partial charge >= 0.3 is 0 Å². The van der Waals surface area contributed by atoms with Crippen LogP contribution in [-0.2, 0) is 6.42 Å². The lowest BCUT2D eigenvalue weighted by atomic mass is 9.43. The molecule has 2 N–H and O–H groups in total. The van der Waals surface area contributed by atoms with E-state index in [2.05, 4.69) is 38.6 Å². The minimum absolute atomic E-state index is 0.0102. The zero-order valence-electron chi connectivity index (χ0n) is 20.7. The van der Waals surface area contributed by atoms with Crippen LogP contribution in [0.15, 0.2) is 30.9 Å². The predicted molar refractivity (Wildman–Crippen MR) is 134 cm³/mol. The molecule has 0 radical (unpaired) electrons. The summed E-state index contributed by atoms with van der Waals surface area (Å²) < 4.78 is 0. The van der Waals surface area contributed by atoms with Crippen molar-refractivity contribution in [3.05, 3.63) is 42.0 Å². The number of aryl methyl sites for hydroxylation is 1. The lowest BCUT2D eigenvalue weighted by Gasteiger charge is -2.61. The quantitative estimate of drug-likeness (QED) is 0.307. The molecule has 0 amide bonds. The van der Waals surface area contributed by atoms with Crippen molar-refractivity contribution in [3.8, 4) is 11.8 Å². The third-order valence-electron chi connectivity index (χ3n) is 9.93. The first-order valence-electron chi connectivity index (χ1n) is 13.4. The molecule has 33 heavy (non-hydrogen) atoms. The fourth-order valence-electron chi connectivity index (χ4n) is 8.39. The van der Waals surface area contributed by atoms with Gasteiger partial charge in [-0.15, -0.1) is 6.58 Å². The third-order valence-corrected chi connectivity index (χ3v) is 9.93. The summed E-state index contributed by atoms with van der Waals surface area (Å²) in [4.78, 5) is 0. The van der Waals surface area contributed by atoms with E-state index in [1.165, 1.54) is 36.8 Å². The molecule has 7 atom stereocenters. The fraction of sp³-hybridized carbons (Fsp3) is 0.700. The number of aliphatic hydroxyl groups excluding tert-OH is 1. The molecule has 3 heteroatoms. The number of aromatic hydroxyl groups is 1. The summed E-state index contributed by atoms with van der Waals surface area (Å²) in [6, 6.07) is 8.38. The highest BCUT2D eigenvalue weighted by atomic mass is 16.3. The summed E-state index contributed by atoms with van der Waals surface area (Å²) in [6.07, 6.45) is 14.7. The highest BCUT2D eigenvalue weighted by Crippen LogP contribution is 2.70. The van der Waals surface area contributed by atoms with Gasteiger partial charge in [0, 0.05) is 6.42 Å². The topological polar surface area (TPSA) is 64.2 Å². The van der Waals surface area contributed by atoms with Crippen LogP contribution in [0.5, 0.6) is 5.75 Å². The van der Waals surface area contributed by atoms with E-state index in [0.29, 0.717) is 35.8 Å². The van der Waals surface area contributed by atoms with Gasteiger partial charge in [-0.25, -0.2) is 0 Å². The van der Waals surface area contributed by atoms with Crippen molar-refractivity contribution in [2.45, 2.75) is 103 Å². The molecule has 3 nitrogen and oxygen atoms in total. The van der Waals surface area contributed by atoms with Gasteiger partial charge in [-0.1, -0.05) is 58.1 Å². The molecule has 0 aliphatic heterocycles. The first-order chi connectivity index (χ1) is 15.9. The Morgan fingerprint density at radius 2 is 2.03 bits per heavy atom. The van der Waals surface area contributed by atoms with Crippen LogP contribution in [0.3, 0.4) is 0 Å². The normalized spacial score (nSPS) is 35.7. The summed E-state index contributed by atoms with van der Waals surface area (Å²) in [6.45, 7) is 9.08. The van der Waals surface area contributed by atoms with Gasteiger partial charge < -0.3 is 10.2 Å². The largest absolute Gasteiger partial charge is 0.508 e. The van der Waals surface area contributed by atoms with Gasteiger partial charge in [0.2, 0.25) is 0 Å². The van der Waals surface area contributed by atoms with Crippen molar-refractivity contribution in [2.24, 2.45) is 28.6 Å². The number of unbranched alkanes of at least 4 members (excludes halogenated alkanes) is 3. The maximum atomic E-state index is 11.2. The SMILES string of the molecule is C=C[C@@]12CCc3cc(O)ccc3[C@H]1[C@@H](C(CCCC)CCCCC#N)C[C@@]1(C)[C@H]2CC[C@@H]1O. The molecule has 180 valence electrons. The molecule has 1 aromatic carbocycles. The Balaban J connectivity index is 1.79. The number of allylic oxidation sites excluding steroid dienone is 1. The monoisotopic (exact) mass is 449 g/mol. The maximum absolute atomic E-state index is 11.2. The molecular formula is C30H43NO2. The van der Waals surface area contributed by atoms with E-state index in [9.17, 15) is 10.2 Å². The van der Waals surface area contributed by atoms with E-state index < -0.39 is 0 Å². The summed E-state index contributed by atoms with van der Waals surface area (Å²) in [5, 5.41) is 30.5. The highest BCUT2D eigenvalue weighted by molar-refractivity contribution is 5.43. The van der Waals surface area contributed by atoms with Crippen LogP contribution < -0.4 is 0 Å². The van der Waals surface area contributed by atoms with Gasteiger partial charge in [0.05, 0.1) is 12.2 Å². The Morgan fingerprint density at radius 3 is 2.76 bits per heavy atom. The van der Waals surface area contributed by atoms with Crippen LogP contribution >= 0.6 is 0 Å². The van der Waals surface area contributed by atoms with Gasteiger partial charge in [0.25, 0.3) is 0 Å². The molecule has 0 bridgehead atoms. The molecule has 0 aromatic heterocycles. The van der Waals surface area contributed by atoms with Crippen LogP contribution in [0.25, 0.3) is 0 Å². The number of nitrogens with zero attached hydrogens (tertiary/aromatic N) is 1. The molecule has 4 rings (SSSR count). The number of rotatable bonds is 9. The molecule has 2 fully saturated rings. The van der Waals surface area contributed by atoms with E-state index >= 15 is 0 Å². The Hall–Kier alpha value is -1.79. The molecular weight excluding hydrogens is 406 g/mol. The Kier molecular flexibility index (Phi) is 7.25. The van der Waals surface area contributed by atoms with Crippen molar-refractivity contribution in [3.63, 3.8) is 0 Å². The lowest BCUT2D eigenvalue weighted by Crippen LogP contribution is -2.55. The zero-order valence-corrected chi connectivity index (χ0v) is 20.7. The Bertz CT molecular complexity index is 888. The Labute approximate surface area is 200 Å². The lowest BCUT2D eigenvalue weighted by molar-refractivity contribution is -0.0937. The smallest absolute Gasteiger partial charge is 0.115 e. The second kappa shape index (κ2) is 9.83. The minimum atomic E-state index is -0.227. The molecule has 1 unspecified atom stereocenters. The number of aliphatic hydroxyl groups is 1. The number of phenolic OH excluding ortho intramolecular Hbond substituents is 1. The van der Waals surface area contributed by atoms with Crippen molar-refractivity contribution in [1.29, 1.82) is 5.26 Å². The molecule has 3 aliphatic rings. The average Bonchev–Trinajstić information content (AvgIpc) is 3.12. The molecule has 0 spiro atoms. The number of hydrogen-bond donors (Lipinski definition) is 2. The number of nitriles is 1. The van der Waals surface area contributed by atoms with E-state index in [1.807, 2.05) is 12.1 Å². The summed E-state index contributed by atoms with van der Waals surface area (Å²) in [5.41, 5.74) is 2.69. The highest BCUT2D eigenvalue weighted by Gasteiger charge is 2.64. The second-order valence-electron chi connectivity index (χ2n) is 11.5. The molecule has 1 aromatic rings. The van der Waals surface area contributed by atoms with Crippen molar-refractivity contribution in [1.82, 2.24) is 0 Å². The van der Waals surface area contributed by atoms with Crippen LogP contribution in [0.4, 0.5) is 0 Å². The van der Waals surface area contributed by atoms with E-state index in [4.69, 9.17) is 5.26 Å². The first-order valence-corrected chi connectivity index (χ1v) is 13.4. The first kappa shape index (κ1) is 24.3. The Morgan fingerprint density at radius 1 is 1.24 bits per heavy atom. The standard InChI is InChI=1S/C30H43NO2/c1-4-6-10-21(11-8-7-9-18-31)25-20-29(3)26(14-15-27(29)33)30(5-2)17-16-22-19-23(32)12-13-24(22)28(25)30/h5,12-13,19,21,25-28,32-33H,2,4,6-11,14-17,20H2,1,3H3/t21?,25-,26-,27+,28+,29+,30+/m1/s1. The third kappa shape index (κ3) is 4.14. The summed E-state index contributed by atoms with van der Waals surface area (Å²) >= 11 is 0. The maximum Gasteiger partial charge on any atom is 0.115 e. The minimum Gasteiger partial charge on any atom is -0.508 e. The van der Waals surface area contributed by atoms with Gasteiger partial charge in [-0.2, -0.15) is 5.26 Å². The molecule has 0 heterocycles. The number of fused-ring (bicyclic) bond motifs is 5. The summed E-state index contributed by atoms with van der Waals surface area (Å²) in [5.74, 6) is 2.33. The fourth-order valence-corrected chi connectivity index (χ4v) is 8.39. The van der Waals surface area contributed by atoms with Gasteiger partial charge in [-0.05, 0) is 96.3 Å². The van der Waals surface area contributed by atoms with Crippen LogP contribution in [0.1, 0.15) is 102 Å². The average molecular weight is 450 g/mol. The number of benzene rings is 1. The molecule has 2 saturated carbocycles.